The number of anilines is 2. The molecule has 0 unspecified atom stereocenters. The van der Waals surface area contributed by atoms with Gasteiger partial charge < -0.3 is 5.32 Å². The van der Waals surface area contributed by atoms with Gasteiger partial charge in [-0.25, -0.2) is 22.2 Å². The molecule has 0 bridgehead atoms. The lowest BCUT2D eigenvalue weighted by Crippen LogP contribution is -2.36. The van der Waals surface area contributed by atoms with E-state index < -0.39 is 20.7 Å². The zero-order valence-corrected chi connectivity index (χ0v) is 18.6. The number of nitrogens with zero attached hydrogens (tertiary/aromatic N) is 2. The van der Waals surface area contributed by atoms with Crippen molar-refractivity contribution in [2.75, 3.05) is 23.1 Å². The zero-order chi connectivity index (χ0) is 22.0. The van der Waals surface area contributed by atoms with Crippen LogP contribution in [0.25, 0.3) is 0 Å². The van der Waals surface area contributed by atoms with Gasteiger partial charge in [-0.05, 0) is 49.3 Å². The smallest absolute Gasteiger partial charge is 0.266 e. The van der Waals surface area contributed by atoms with E-state index in [-0.39, 0.29) is 28.9 Å². The Bertz CT molecular complexity index is 1190. The molecule has 6 nitrogen and oxygen atoms in total. The standard InChI is InChI=1S/C20H19ClF2N4O2S2/c21-15-7-19(31(28,29)26-20-11-30-12-25-20)17(23)8-18(15)24-9-14-6-13(2-3-16(14)22)10-27-4-1-5-27/h2-3,6-8,11-12,24,26H,1,4-5,9-10H2. The van der Waals surface area contributed by atoms with Crippen LogP contribution in [-0.2, 0) is 23.1 Å². The fraction of sp³-hybridized carbons (Fsp3) is 0.250. The third-order valence-corrected chi connectivity index (χ3v) is 7.19. The Kier molecular flexibility index (Phi) is 6.42. The van der Waals surface area contributed by atoms with E-state index in [0.29, 0.717) is 5.56 Å². The van der Waals surface area contributed by atoms with E-state index in [1.54, 1.807) is 12.1 Å². The molecule has 0 amide bonds. The van der Waals surface area contributed by atoms with Crippen LogP contribution in [0.2, 0.25) is 5.02 Å². The number of likely N-dealkylation sites (tertiary alicyclic amines) is 1. The number of sulfonamides is 1. The maximum absolute atomic E-state index is 14.6. The van der Waals surface area contributed by atoms with Crippen molar-refractivity contribution in [2.24, 2.45) is 0 Å². The fourth-order valence-electron chi connectivity index (χ4n) is 3.18. The second-order valence-corrected chi connectivity index (χ2v) is 9.93. The summed E-state index contributed by atoms with van der Waals surface area (Å²) in [4.78, 5) is 5.48. The third-order valence-electron chi connectivity index (χ3n) is 4.92. The van der Waals surface area contributed by atoms with E-state index in [4.69, 9.17) is 11.6 Å². The fourth-order valence-corrected chi connectivity index (χ4v) is 5.12. The van der Waals surface area contributed by atoms with E-state index in [1.165, 1.54) is 34.7 Å². The van der Waals surface area contributed by atoms with E-state index in [9.17, 15) is 17.2 Å². The van der Waals surface area contributed by atoms with Gasteiger partial charge in [0, 0.05) is 24.0 Å². The Hall–Kier alpha value is -2.27. The van der Waals surface area contributed by atoms with Gasteiger partial charge in [-0.2, -0.15) is 0 Å². The van der Waals surface area contributed by atoms with Gasteiger partial charge in [0.25, 0.3) is 10.0 Å². The second-order valence-electron chi connectivity index (χ2n) is 7.15. The maximum Gasteiger partial charge on any atom is 0.266 e. The molecule has 1 saturated heterocycles. The summed E-state index contributed by atoms with van der Waals surface area (Å²) < 4.78 is 55.9. The van der Waals surface area contributed by atoms with Crippen LogP contribution in [0, 0.1) is 11.6 Å². The van der Waals surface area contributed by atoms with Gasteiger partial charge in [-0.1, -0.05) is 17.7 Å². The Morgan fingerprint density at radius 2 is 1.97 bits per heavy atom. The van der Waals surface area contributed by atoms with Crippen LogP contribution in [0.5, 0.6) is 0 Å². The summed E-state index contributed by atoms with van der Waals surface area (Å²) in [5.41, 5.74) is 3.02. The molecule has 0 radical (unpaired) electrons. The van der Waals surface area contributed by atoms with Crippen LogP contribution in [0.4, 0.5) is 20.3 Å². The molecular weight excluding hydrogens is 466 g/mol. The number of hydrogen-bond donors (Lipinski definition) is 2. The number of rotatable bonds is 8. The van der Waals surface area contributed by atoms with Crippen molar-refractivity contribution in [3.05, 3.63) is 69.0 Å². The Balaban J connectivity index is 1.49. The average molecular weight is 485 g/mol. The molecule has 0 spiro atoms. The molecule has 0 aliphatic carbocycles. The molecule has 4 rings (SSSR count). The van der Waals surface area contributed by atoms with Gasteiger partial charge in [-0.3, -0.25) is 9.62 Å². The van der Waals surface area contributed by atoms with Crippen LogP contribution in [0.3, 0.4) is 0 Å². The number of thiazole rings is 1. The van der Waals surface area contributed by atoms with Crippen LogP contribution < -0.4 is 10.0 Å². The first-order valence-electron chi connectivity index (χ1n) is 9.45. The Morgan fingerprint density at radius 3 is 2.65 bits per heavy atom. The minimum Gasteiger partial charge on any atom is -0.380 e. The van der Waals surface area contributed by atoms with Crippen molar-refractivity contribution in [3.8, 4) is 0 Å². The van der Waals surface area contributed by atoms with Crippen LogP contribution in [-0.4, -0.2) is 31.4 Å². The quantitative estimate of drug-likeness (QED) is 0.485. The maximum atomic E-state index is 14.6. The van der Waals surface area contributed by atoms with Crippen LogP contribution >= 0.6 is 22.9 Å². The highest BCUT2D eigenvalue weighted by Gasteiger charge is 2.22. The van der Waals surface area contributed by atoms with E-state index in [0.717, 1.165) is 37.3 Å². The van der Waals surface area contributed by atoms with Crippen molar-refractivity contribution in [3.63, 3.8) is 0 Å². The summed E-state index contributed by atoms with van der Waals surface area (Å²) in [6.07, 6.45) is 1.17. The molecule has 0 atom stereocenters. The first-order chi connectivity index (χ1) is 14.8. The topological polar surface area (TPSA) is 74.3 Å². The molecule has 0 saturated carbocycles. The van der Waals surface area contributed by atoms with Gasteiger partial charge in [-0.15, -0.1) is 11.3 Å². The van der Waals surface area contributed by atoms with E-state index in [2.05, 4.69) is 19.9 Å². The lowest BCUT2D eigenvalue weighted by Gasteiger charge is -2.30. The van der Waals surface area contributed by atoms with Crippen molar-refractivity contribution >= 4 is 44.5 Å². The highest BCUT2D eigenvalue weighted by atomic mass is 35.5. The molecule has 2 N–H and O–H groups in total. The van der Waals surface area contributed by atoms with Gasteiger partial charge in [0.1, 0.15) is 16.5 Å². The van der Waals surface area contributed by atoms with Crippen molar-refractivity contribution in [2.45, 2.75) is 24.4 Å². The van der Waals surface area contributed by atoms with Crippen LogP contribution in [0.15, 0.2) is 46.1 Å². The molecule has 164 valence electrons. The van der Waals surface area contributed by atoms with Gasteiger partial charge in [0.15, 0.2) is 5.82 Å². The third kappa shape index (κ3) is 5.15. The summed E-state index contributed by atoms with van der Waals surface area (Å²) >= 11 is 7.38. The molecule has 2 aromatic carbocycles. The number of halogens is 3. The number of nitrogens with one attached hydrogen (secondary N) is 2. The minimum absolute atomic E-state index is 0.00260. The summed E-state index contributed by atoms with van der Waals surface area (Å²) in [6, 6.07) is 6.93. The molecule has 1 aliphatic rings. The predicted octanol–water partition coefficient (Wildman–Crippen LogP) is 4.69. The van der Waals surface area contributed by atoms with Crippen LogP contribution in [0.1, 0.15) is 17.5 Å². The Labute approximate surface area is 187 Å². The number of hydrogen-bond acceptors (Lipinski definition) is 6. The molecular formula is C20H19ClF2N4O2S2. The van der Waals surface area contributed by atoms with Crippen molar-refractivity contribution in [1.29, 1.82) is 0 Å². The molecule has 1 aromatic heterocycles. The van der Waals surface area contributed by atoms with Crippen molar-refractivity contribution in [1.82, 2.24) is 9.88 Å². The zero-order valence-electron chi connectivity index (χ0n) is 16.2. The summed E-state index contributed by atoms with van der Waals surface area (Å²) in [5, 5.41) is 4.37. The van der Waals surface area contributed by atoms with E-state index in [1.807, 2.05) is 0 Å². The van der Waals surface area contributed by atoms with Crippen molar-refractivity contribution < 1.29 is 17.2 Å². The molecule has 31 heavy (non-hydrogen) atoms. The van der Waals surface area contributed by atoms with Gasteiger partial charge >= 0.3 is 0 Å². The normalized spacial score (nSPS) is 14.3. The monoisotopic (exact) mass is 484 g/mol. The van der Waals surface area contributed by atoms with Gasteiger partial charge in [0.05, 0.1) is 16.2 Å². The summed E-state index contributed by atoms with van der Waals surface area (Å²) in [7, 11) is -4.20. The highest BCUT2D eigenvalue weighted by Crippen LogP contribution is 2.30. The largest absolute Gasteiger partial charge is 0.380 e. The second kappa shape index (κ2) is 9.07. The first-order valence-corrected chi connectivity index (χ1v) is 12.3. The van der Waals surface area contributed by atoms with E-state index >= 15 is 0 Å². The molecule has 11 heteroatoms. The lowest BCUT2D eigenvalue weighted by molar-refractivity contribution is 0.172. The summed E-state index contributed by atoms with van der Waals surface area (Å²) in [5.74, 6) is -1.28. The molecule has 3 aromatic rings. The molecule has 2 heterocycles. The molecule has 1 aliphatic heterocycles. The predicted molar refractivity (Wildman–Crippen MR) is 118 cm³/mol. The lowest BCUT2D eigenvalue weighted by atomic mass is 10.1. The SMILES string of the molecule is O=S(=O)(Nc1cscn1)c1cc(Cl)c(NCc2cc(CN3CCC3)ccc2F)cc1F. The number of benzene rings is 2. The minimum atomic E-state index is -4.20. The summed E-state index contributed by atoms with van der Waals surface area (Å²) in [6.45, 7) is 2.89. The number of aromatic nitrogens is 1. The van der Waals surface area contributed by atoms with Gasteiger partial charge in [0.2, 0.25) is 0 Å². The highest BCUT2D eigenvalue weighted by molar-refractivity contribution is 7.92. The average Bonchev–Trinajstić information content (AvgIpc) is 3.19. The Morgan fingerprint density at radius 1 is 1.16 bits per heavy atom. The first kappa shape index (κ1) is 21.9. The molecule has 1 fully saturated rings.